The fourth-order valence-electron chi connectivity index (χ4n) is 4.69. The average Bonchev–Trinajstić information content (AvgIpc) is 2.85. The predicted molar refractivity (Wildman–Crippen MR) is 136 cm³/mol. The van der Waals surface area contributed by atoms with Crippen LogP contribution in [-0.2, 0) is 0 Å². The first-order chi connectivity index (χ1) is 18.0. The van der Waals surface area contributed by atoms with Gasteiger partial charge < -0.3 is 20.9 Å². The lowest BCUT2D eigenvalue weighted by Crippen LogP contribution is -2.46. The molecule has 0 saturated carbocycles. The van der Waals surface area contributed by atoms with E-state index in [0.717, 1.165) is 35.6 Å². The molecule has 0 bridgehead atoms. The van der Waals surface area contributed by atoms with Crippen molar-refractivity contribution in [1.82, 2.24) is 9.88 Å². The summed E-state index contributed by atoms with van der Waals surface area (Å²) in [7, 11) is 2.70. The van der Waals surface area contributed by atoms with Gasteiger partial charge >= 0.3 is 0 Å². The number of amides is 2. The van der Waals surface area contributed by atoms with Crippen molar-refractivity contribution in [3.05, 3.63) is 77.1 Å². The lowest BCUT2D eigenvalue weighted by molar-refractivity contribution is 0.0822. The van der Waals surface area contributed by atoms with E-state index in [1.165, 1.54) is 20.3 Å². The number of pyridine rings is 1. The summed E-state index contributed by atoms with van der Waals surface area (Å²) in [5, 5.41) is 2.57. The van der Waals surface area contributed by atoms with Crippen molar-refractivity contribution >= 4 is 23.2 Å². The van der Waals surface area contributed by atoms with Crippen LogP contribution < -0.4 is 16.0 Å². The second-order valence-corrected chi connectivity index (χ2v) is 9.62. The molecule has 1 fully saturated rings. The highest BCUT2D eigenvalue weighted by Crippen LogP contribution is 2.35. The summed E-state index contributed by atoms with van der Waals surface area (Å²) in [6.45, 7) is 3.27. The van der Waals surface area contributed by atoms with Crippen LogP contribution in [0, 0.1) is 29.2 Å². The molecule has 3 N–H and O–H groups in total. The van der Waals surface area contributed by atoms with Crippen molar-refractivity contribution < 1.29 is 27.2 Å². The number of carbonyl (C=O) groups is 2. The summed E-state index contributed by atoms with van der Waals surface area (Å²) < 4.78 is 60.4. The minimum atomic E-state index is -1.48. The second-order valence-electron chi connectivity index (χ2n) is 9.62. The Hall–Kier alpha value is -3.99. The van der Waals surface area contributed by atoms with E-state index in [9.17, 15) is 18.4 Å². The van der Waals surface area contributed by atoms with Crippen LogP contribution in [-0.4, -0.2) is 54.9 Å². The number of piperidine rings is 1. The van der Waals surface area contributed by atoms with E-state index in [1.807, 2.05) is 4.90 Å². The van der Waals surface area contributed by atoms with Crippen molar-refractivity contribution in [2.75, 3.05) is 37.4 Å². The average molecular weight is 530 g/mol. The molecule has 3 aromatic rings. The Kier molecular flexibility index (Phi) is 7.68. The standard InChI is InChI=1S/C27H27F4N5O2/c1-14-10-15(32)13-36(12-14)21-8-9-33-11-20(21)34-26(37)16-4-6-18(28)22(24(16)30)23-19(29)7-5-17(25(23)31)27(38)35(2)3/h4-9,11,14-15H,10,12-13,32H2,1-3H3,(H,34,37)/t14-,15+/m1/s1. The zero-order chi connectivity index (χ0) is 27.7. The monoisotopic (exact) mass is 529 g/mol. The molecular weight excluding hydrogens is 502 g/mol. The van der Waals surface area contributed by atoms with E-state index < -0.39 is 57.3 Å². The number of halogens is 4. The molecule has 2 amide bonds. The lowest BCUT2D eigenvalue weighted by Gasteiger charge is -2.37. The van der Waals surface area contributed by atoms with E-state index >= 15 is 8.78 Å². The molecule has 1 aliphatic heterocycles. The Morgan fingerprint density at radius 3 is 2.18 bits per heavy atom. The van der Waals surface area contributed by atoms with Crippen molar-refractivity contribution in [2.45, 2.75) is 19.4 Å². The third-order valence-electron chi connectivity index (χ3n) is 6.39. The van der Waals surface area contributed by atoms with Gasteiger partial charge in [0.05, 0.1) is 39.8 Å². The van der Waals surface area contributed by atoms with Gasteiger partial charge in [0.1, 0.15) is 23.3 Å². The Morgan fingerprint density at radius 1 is 0.974 bits per heavy atom. The third-order valence-corrected chi connectivity index (χ3v) is 6.39. The summed E-state index contributed by atoms with van der Waals surface area (Å²) in [4.78, 5) is 32.5. The van der Waals surface area contributed by atoms with Gasteiger partial charge in [-0.05, 0) is 42.7 Å². The molecule has 0 unspecified atom stereocenters. The Bertz CT molecular complexity index is 1390. The van der Waals surface area contributed by atoms with Crippen LogP contribution in [0.25, 0.3) is 11.1 Å². The highest BCUT2D eigenvalue weighted by molar-refractivity contribution is 6.07. The number of hydrogen-bond acceptors (Lipinski definition) is 5. The van der Waals surface area contributed by atoms with E-state index in [4.69, 9.17) is 5.73 Å². The first-order valence-corrected chi connectivity index (χ1v) is 11.9. The maximum absolute atomic E-state index is 15.6. The van der Waals surface area contributed by atoms with Crippen molar-refractivity contribution in [1.29, 1.82) is 0 Å². The van der Waals surface area contributed by atoms with Gasteiger partial charge in [0, 0.05) is 39.4 Å². The first-order valence-electron chi connectivity index (χ1n) is 11.9. The molecule has 0 radical (unpaired) electrons. The maximum atomic E-state index is 15.6. The maximum Gasteiger partial charge on any atom is 0.258 e. The zero-order valence-corrected chi connectivity index (χ0v) is 21.1. The lowest BCUT2D eigenvalue weighted by atomic mass is 9.96. The van der Waals surface area contributed by atoms with Crippen molar-refractivity contribution in [3.63, 3.8) is 0 Å². The molecular formula is C27H27F4N5O2. The van der Waals surface area contributed by atoms with Crippen LogP contribution in [0.3, 0.4) is 0 Å². The summed E-state index contributed by atoms with van der Waals surface area (Å²) in [6, 6.07) is 4.86. The SMILES string of the molecule is C[C@@H]1C[C@H](N)CN(c2ccncc2NC(=O)c2ccc(F)c(-c3c(F)ccc(C(=O)N(C)C)c3F)c2F)C1. The van der Waals surface area contributed by atoms with Gasteiger partial charge in [-0.1, -0.05) is 6.92 Å². The molecule has 38 heavy (non-hydrogen) atoms. The molecule has 2 aromatic carbocycles. The zero-order valence-electron chi connectivity index (χ0n) is 21.1. The highest BCUT2D eigenvalue weighted by Gasteiger charge is 2.29. The predicted octanol–water partition coefficient (Wildman–Crippen LogP) is 4.43. The molecule has 0 aliphatic carbocycles. The van der Waals surface area contributed by atoms with Crippen LogP contribution in [0.1, 0.15) is 34.1 Å². The van der Waals surface area contributed by atoms with Crippen molar-refractivity contribution in [2.24, 2.45) is 11.7 Å². The normalized spacial score (nSPS) is 17.3. The number of nitrogens with two attached hydrogens (primary N) is 1. The molecule has 7 nitrogen and oxygen atoms in total. The molecule has 11 heteroatoms. The molecule has 4 rings (SSSR count). The number of hydrogen-bond donors (Lipinski definition) is 2. The molecule has 0 spiro atoms. The summed E-state index contributed by atoms with van der Waals surface area (Å²) in [5.74, 6) is -7.02. The molecule has 1 aliphatic rings. The molecule has 1 saturated heterocycles. The van der Waals surface area contributed by atoms with Gasteiger partial charge in [-0.25, -0.2) is 17.6 Å². The number of nitrogens with one attached hydrogen (secondary N) is 1. The summed E-state index contributed by atoms with van der Waals surface area (Å²) >= 11 is 0. The number of rotatable bonds is 5. The third kappa shape index (κ3) is 5.19. The second kappa shape index (κ2) is 10.8. The first kappa shape index (κ1) is 27.1. The minimum absolute atomic E-state index is 0.0764. The summed E-state index contributed by atoms with van der Waals surface area (Å²) in [6.07, 6.45) is 3.78. The molecule has 200 valence electrons. The number of anilines is 2. The van der Waals surface area contributed by atoms with Gasteiger partial charge in [0.15, 0.2) is 0 Å². The quantitative estimate of drug-likeness (QED) is 0.477. The van der Waals surface area contributed by atoms with Crippen LogP contribution in [0.4, 0.5) is 28.9 Å². The highest BCUT2D eigenvalue weighted by atomic mass is 19.1. The van der Waals surface area contributed by atoms with Gasteiger partial charge in [0.25, 0.3) is 11.8 Å². The van der Waals surface area contributed by atoms with Crippen LogP contribution in [0.5, 0.6) is 0 Å². The van der Waals surface area contributed by atoms with Crippen LogP contribution in [0.2, 0.25) is 0 Å². The summed E-state index contributed by atoms with van der Waals surface area (Å²) in [5.41, 5.74) is 3.63. The minimum Gasteiger partial charge on any atom is -0.368 e. The Morgan fingerprint density at radius 2 is 1.58 bits per heavy atom. The van der Waals surface area contributed by atoms with E-state index in [2.05, 4.69) is 17.2 Å². The number of nitrogens with zero attached hydrogens (tertiary/aromatic N) is 3. The molecule has 1 aromatic heterocycles. The van der Waals surface area contributed by atoms with Gasteiger partial charge in [-0.15, -0.1) is 0 Å². The fourth-order valence-corrected chi connectivity index (χ4v) is 4.69. The largest absolute Gasteiger partial charge is 0.368 e. The topological polar surface area (TPSA) is 91.6 Å². The fraction of sp³-hybridized carbons (Fsp3) is 0.296. The number of aromatic nitrogens is 1. The van der Waals surface area contributed by atoms with Crippen LogP contribution in [0.15, 0.2) is 42.7 Å². The van der Waals surface area contributed by atoms with Crippen LogP contribution >= 0.6 is 0 Å². The molecule has 2 atom stereocenters. The van der Waals surface area contributed by atoms with Crippen molar-refractivity contribution in [3.8, 4) is 11.1 Å². The smallest absolute Gasteiger partial charge is 0.258 e. The Labute approximate surface area is 217 Å². The van der Waals surface area contributed by atoms with E-state index in [1.54, 1.807) is 12.3 Å². The van der Waals surface area contributed by atoms with Gasteiger partial charge in [-0.2, -0.15) is 0 Å². The van der Waals surface area contributed by atoms with Gasteiger partial charge in [-0.3, -0.25) is 14.6 Å². The van der Waals surface area contributed by atoms with E-state index in [-0.39, 0.29) is 11.7 Å². The number of carbonyl (C=O) groups excluding carboxylic acids is 2. The van der Waals surface area contributed by atoms with E-state index in [0.29, 0.717) is 24.7 Å². The Balaban J connectivity index is 1.73. The molecule has 2 heterocycles. The van der Waals surface area contributed by atoms with Gasteiger partial charge in [0.2, 0.25) is 0 Å². The number of benzene rings is 2.